The summed E-state index contributed by atoms with van der Waals surface area (Å²) in [5.74, 6) is -1.61. The molecule has 0 spiro atoms. The molecule has 7 atom stereocenters. The first kappa shape index (κ1) is 30.5. The van der Waals surface area contributed by atoms with Crippen molar-refractivity contribution in [2.24, 2.45) is 17.3 Å². The Balaban J connectivity index is 0.00000182. The monoisotopic (exact) mass is 481 g/mol. The molecular formula is C27H47NO6. The van der Waals surface area contributed by atoms with Crippen LogP contribution in [0.5, 0.6) is 0 Å². The summed E-state index contributed by atoms with van der Waals surface area (Å²) in [6.07, 6.45) is 3.89. The van der Waals surface area contributed by atoms with Gasteiger partial charge in [-0.05, 0) is 44.3 Å². The van der Waals surface area contributed by atoms with Crippen LogP contribution in [0.3, 0.4) is 0 Å². The zero-order chi connectivity index (χ0) is 26.3. The van der Waals surface area contributed by atoms with E-state index in [1.165, 1.54) is 6.42 Å². The van der Waals surface area contributed by atoms with Crippen molar-refractivity contribution in [3.05, 3.63) is 11.6 Å². The highest BCUT2D eigenvalue weighted by molar-refractivity contribution is 5.88. The molecule has 2 rings (SSSR count). The van der Waals surface area contributed by atoms with Gasteiger partial charge in [0.2, 0.25) is 0 Å². The van der Waals surface area contributed by atoms with Gasteiger partial charge < -0.3 is 25.1 Å². The number of ether oxygens (including phenoxy) is 2. The first-order valence-corrected chi connectivity index (χ1v) is 12.7. The van der Waals surface area contributed by atoms with Crippen molar-refractivity contribution in [3.8, 4) is 0 Å². The number of ketones is 1. The van der Waals surface area contributed by atoms with Gasteiger partial charge in [0, 0.05) is 18.6 Å². The van der Waals surface area contributed by atoms with Gasteiger partial charge in [-0.3, -0.25) is 9.59 Å². The van der Waals surface area contributed by atoms with Crippen molar-refractivity contribution in [2.45, 2.75) is 124 Å². The molecule has 3 N–H and O–H groups in total. The van der Waals surface area contributed by atoms with E-state index < -0.39 is 35.6 Å². The number of aliphatic hydroxyl groups is 2. The number of rotatable bonds is 2. The molecule has 0 aromatic rings. The SMILES string of the molecule is C/C(=C\C=N)[C@@H]1C[C@@H]2O[C@]2(C)CCC[C@H](C)[C@H](O)[C@@H](C)C(=O)C(C)(C)[C@@H](O)CC(=O)O1.CCC. The predicted molar refractivity (Wildman–Crippen MR) is 134 cm³/mol. The van der Waals surface area contributed by atoms with Crippen LogP contribution in [0.4, 0.5) is 0 Å². The Bertz CT molecular complexity index is 733. The minimum atomic E-state index is -1.24. The Morgan fingerprint density at radius 1 is 1.18 bits per heavy atom. The number of carbonyl (C=O) groups excluding carboxylic acids is 2. The molecule has 34 heavy (non-hydrogen) atoms. The highest BCUT2D eigenvalue weighted by Gasteiger charge is 2.53. The zero-order valence-corrected chi connectivity index (χ0v) is 22.4. The number of epoxide rings is 1. The van der Waals surface area contributed by atoms with Crippen molar-refractivity contribution < 1.29 is 29.3 Å². The topological polar surface area (TPSA) is 120 Å². The van der Waals surface area contributed by atoms with E-state index in [2.05, 4.69) is 13.8 Å². The fourth-order valence-corrected chi connectivity index (χ4v) is 4.53. The summed E-state index contributed by atoms with van der Waals surface area (Å²) in [7, 11) is 0. The van der Waals surface area contributed by atoms with Gasteiger partial charge >= 0.3 is 5.97 Å². The summed E-state index contributed by atoms with van der Waals surface area (Å²) in [6, 6.07) is 0. The van der Waals surface area contributed by atoms with Crippen molar-refractivity contribution in [2.75, 3.05) is 0 Å². The van der Waals surface area contributed by atoms with Crippen molar-refractivity contribution >= 4 is 18.0 Å². The third-order valence-electron chi connectivity index (χ3n) is 7.26. The maximum absolute atomic E-state index is 13.1. The summed E-state index contributed by atoms with van der Waals surface area (Å²) in [6.45, 7) is 14.9. The molecule has 196 valence electrons. The Kier molecular flexibility index (Phi) is 11.6. The first-order valence-electron chi connectivity index (χ1n) is 12.7. The number of esters is 1. The van der Waals surface area contributed by atoms with Crippen molar-refractivity contribution in [1.29, 1.82) is 5.41 Å². The molecule has 2 heterocycles. The first-order chi connectivity index (χ1) is 15.7. The maximum Gasteiger partial charge on any atom is 0.309 e. The normalized spacial score (nSPS) is 37.5. The lowest BCUT2D eigenvalue weighted by atomic mass is 9.73. The van der Waals surface area contributed by atoms with E-state index in [-0.39, 0.29) is 29.8 Å². The van der Waals surface area contributed by atoms with Crippen LogP contribution in [0.2, 0.25) is 0 Å². The largest absolute Gasteiger partial charge is 0.458 e. The van der Waals surface area contributed by atoms with Gasteiger partial charge in [0.15, 0.2) is 0 Å². The number of carbonyl (C=O) groups is 2. The van der Waals surface area contributed by atoms with Crippen LogP contribution in [0.1, 0.15) is 93.9 Å². The van der Waals surface area contributed by atoms with E-state index in [0.29, 0.717) is 6.42 Å². The number of cyclic esters (lactones) is 1. The van der Waals surface area contributed by atoms with Crippen LogP contribution >= 0.6 is 0 Å². The van der Waals surface area contributed by atoms with Crippen LogP contribution in [0.25, 0.3) is 0 Å². The standard InChI is InChI=1S/C24H39NO6.C3H8/c1-14(9-11-25)17-12-19-24(6,31-19)10-7-8-15(2)21(28)16(3)22(29)23(4,5)18(26)13-20(27)30-17;1-3-2/h9,11,15-19,21,25-26,28H,7-8,10,12-13H2,1-6H3;3H2,1-2H3/b14-9+,25-11?;/t15-,16+,17-,18-,19-,21-,24+;/m0./s1. The van der Waals surface area contributed by atoms with Crippen LogP contribution in [0.15, 0.2) is 11.6 Å². The third-order valence-corrected chi connectivity index (χ3v) is 7.26. The molecule has 0 unspecified atom stereocenters. The van der Waals surface area contributed by atoms with E-state index >= 15 is 0 Å². The lowest BCUT2D eigenvalue weighted by molar-refractivity contribution is -0.154. The molecule has 2 aliphatic rings. The molecule has 2 saturated heterocycles. The van der Waals surface area contributed by atoms with Crippen LogP contribution < -0.4 is 0 Å². The molecule has 7 nitrogen and oxygen atoms in total. The summed E-state index contributed by atoms with van der Waals surface area (Å²) in [5, 5.41) is 28.8. The Morgan fingerprint density at radius 2 is 1.76 bits per heavy atom. The van der Waals surface area contributed by atoms with Crippen molar-refractivity contribution in [3.63, 3.8) is 0 Å². The smallest absolute Gasteiger partial charge is 0.309 e. The molecule has 0 aliphatic carbocycles. The van der Waals surface area contributed by atoms with Gasteiger partial charge in [0.1, 0.15) is 11.9 Å². The second kappa shape index (κ2) is 12.9. The second-order valence-electron chi connectivity index (χ2n) is 10.9. The molecule has 7 heteroatoms. The highest BCUT2D eigenvalue weighted by atomic mass is 16.6. The fraction of sp³-hybridized carbons (Fsp3) is 0.815. The van der Waals surface area contributed by atoms with Crippen LogP contribution in [-0.2, 0) is 19.1 Å². The molecular weight excluding hydrogens is 434 g/mol. The molecule has 0 amide bonds. The van der Waals surface area contributed by atoms with E-state index in [9.17, 15) is 19.8 Å². The maximum atomic E-state index is 13.1. The number of aliphatic hydroxyl groups excluding tert-OH is 2. The molecule has 0 bridgehead atoms. The Labute approximate surface area is 205 Å². The molecule has 2 fully saturated rings. The summed E-state index contributed by atoms with van der Waals surface area (Å²) in [4.78, 5) is 25.7. The Hall–Kier alpha value is -1.57. The summed E-state index contributed by atoms with van der Waals surface area (Å²) < 4.78 is 11.6. The fourth-order valence-electron chi connectivity index (χ4n) is 4.53. The average Bonchev–Trinajstić information content (AvgIpc) is 3.40. The highest BCUT2D eigenvalue weighted by Crippen LogP contribution is 2.45. The van der Waals surface area contributed by atoms with Gasteiger partial charge in [-0.1, -0.05) is 54.4 Å². The lowest BCUT2D eigenvalue weighted by Crippen LogP contribution is -2.45. The summed E-state index contributed by atoms with van der Waals surface area (Å²) >= 11 is 0. The van der Waals surface area contributed by atoms with Crippen molar-refractivity contribution in [1.82, 2.24) is 0 Å². The second-order valence-corrected chi connectivity index (χ2v) is 10.9. The Morgan fingerprint density at radius 3 is 2.32 bits per heavy atom. The van der Waals surface area contributed by atoms with E-state index in [0.717, 1.165) is 31.1 Å². The number of allylic oxidation sites excluding steroid dienone is 1. The molecule has 0 aromatic heterocycles. The van der Waals surface area contributed by atoms with Gasteiger partial charge in [-0.2, -0.15) is 0 Å². The van der Waals surface area contributed by atoms with Crippen LogP contribution in [-0.4, -0.2) is 58.2 Å². The average molecular weight is 482 g/mol. The van der Waals surface area contributed by atoms with Gasteiger partial charge in [0.25, 0.3) is 0 Å². The molecule has 0 saturated carbocycles. The van der Waals surface area contributed by atoms with E-state index in [1.54, 1.807) is 33.8 Å². The third kappa shape index (κ3) is 7.99. The molecule has 0 aromatic carbocycles. The lowest BCUT2D eigenvalue weighted by Gasteiger charge is -2.34. The summed E-state index contributed by atoms with van der Waals surface area (Å²) in [5.41, 5.74) is -0.776. The number of nitrogens with one attached hydrogen (secondary N) is 1. The number of hydrogen-bond acceptors (Lipinski definition) is 7. The minimum absolute atomic E-state index is 0.0608. The zero-order valence-electron chi connectivity index (χ0n) is 22.4. The number of hydrogen-bond donors (Lipinski definition) is 3. The minimum Gasteiger partial charge on any atom is -0.458 e. The van der Waals surface area contributed by atoms with Gasteiger partial charge in [-0.25, -0.2) is 0 Å². The van der Waals surface area contributed by atoms with E-state index in [4.69, 9.17) is 14.9 Å². The molecule has 0 radical (unpaired) electrons. The number of fused-ring (bicyclic) bond motifs is 1. The molecule has 2 aliphatic heterocycles. The van der Waals surface area contributed by atoms with Crippen LogP contribution in [0, 0.1) is 22.7 Å². The number of Topliss-reactive ketones (excluding diaryl/α,β-unsaturated/α-hetero) is 1. The quantitative estimate of drug-likeness (QED) is 0.301. The van der Waals surface area contributed by atoms with Gasteiger partial charge in [-0.15, -0.1) is 0 Å². The predicted octanol–water partition coefficient (Wildman–Crippen LogP) is 4.62. The van der Waals surface area contributed by atoms with Gasteiger partial charge in [0.05, 0.1) is 35.7 Å². The van der Waals surface area contributed by atoms with E-state index in [1.807, 2.05) is 13.8 Å².